The first kappa shape index (κ1) is 18.5. The Morgan fingerprint density at radius 1 is 0.875 bits per heavy atom. The fraction of sp³-hybridized carbons (Fsp3) is 0.909. The molecule has 5 atom stereocenters. The maximum Gasteiger partial charge on any atom is 0.0654 e. The van der Waals surface area contributed by atoms with Crippen LogP contribution in [0.2, 0.25) is 0 Å². The Balaban J connectivity index is 2.43. The van der Waals surface area contributed by atoms with E-state index in [4.69, 9.17) is 0 Å². The molecule has 2 nitrogen and oxygen atoms in total. The lowest BCUT2D eigenvalue weighted by Gasteiger charge is -2.57. The van der Waals surface area contributed by atoms with Crippen LogP contribution >= 0.6 is 0 Å². The number of likely N-dealkylation sites (N-methyl/N-ethyl adjacent to an activating group) is 2. The van der Waals surface area contributed by atoms with E-state index in [2.05, 4.69) is 93.0 Å². The van der Waals surface area contributed by atoms with Crippen LogP contribution in [-0.4, -0.2) is 40.6 Å². The van der Waals surface area contributed by atoms with E-state index in [0.29, 0.717) is 12.1 Å². The summed E-state index contributed by atoms with van der Waals surface area (Å²) < 4.78 is 0. The summed E-state index contributed by atoms with van der Waals surface area (Å²) in [4.78, 5) is 5.60. The second kappa shape index (κ2) is 4.49. The highest BCUT2D eigenvalue weighted by Crippen LogP contribution is 2.84. The van der Waals surface area contributed by atoms with E-state index < -0.39 is 0 Å². The van der Waals surface area contributed by atoms with Gasteiger partial charge in [0.1, 0.15) is 0 Å². The summed E-state index contributed by atoms with van der Waals surface area (Å²) in [5, 5.41) is 0. The fourth-order valence-corrected chi connectivity index (χ4v) is 8.42. The van der Waals surface area contributed by atoms with Gasteiger partial charge in [0, 0.05) is 21.9 Å². The molecule has 0 aromatic carbocycles. The third-order valence-corrected chi connectivity index (χ3v) is 10.4. The smallest absolute Gasteiger partial charge is 0.0654 e. The lowest BCUT2D eigenvalue weighted by atomic mass is 9.57. The number of rotatable bonds is 2. The molecule has 0 radical (unpaired) electrons. The Kier molecular flexibility index (Phi) is 3.45. The van der Waals surface area contributed by atoms with Crippen LogP contribution < -0.4 is 0 Å². The molecule has 138 valence electrons. The minimum atomic E-state index is 0.132. The van der Waals surface area contributed by atoms with Crippen molar-refractivity contribution in [2.45, 2.75) is 93.4 Å². The monoisotopic (exact) mass is 332 g/mol. The highest BCUT2D eigenvalue weighted by molar-refractivity contribution is 5.55. The molecule has 0 amide bonds. The van der Waals surface area contributed by atoms with Gasteiger partial charge in [0.05, 0.1) is 6.17 Å². The van der Waals surface area contributed by atoms with Gasteiger partial charge in [0.15, 0.2) is 0 Å². The van der Waals surface area contributed by atoms with Crippen molar-refractivity contribution in [3.8, 4) is 0 Å². The van der Waals surface area contributed by atoms with Gasteiger partial charge in [0.25, 0.3) is 0 Å². The minimum absolute atomic E-state index is 0.132. The zero-order chi connectivity index (χ0) is 18.7. The molecule has 3 aliphatic rings. The third kappa shape index (κ3) is 1.23. The van der Waals surface area contributed by atoms with Crippen LogP contribution in [0.3, 0.4) is 0 Å². The van der Waals surface area contributed by atoms with Gasteiger partial charge in [-0.25, -0.2) is 0 Å². The van der Waals surface area contributed by atoms with Crippen LogP contribution in [0.1, 0.15) is 76.2 Å². The molecule has 1 saturated heterocycles. The van der Waals surface area contributed by atoms with E-state index in [1.165, 1.54) is 0 Å². The maximum atomic E-state index is 2.85. The van der Waals surface area contributed by atoms with Crippen molar-refractivity contribution >= 4 is 0 Å². The van der Waals surface area contributed by atoms with Crippen molar-refractivity contribution in [1.29, 1.82) is 0 Å². The topological polar surface area (TPSA) is 6.48 Å². The lowest BCUT2D eigenvalue weighted by Crippen LogP contribution is -2.66. The zero-order valence-corrected chi connectivity index (χ0v) is 18.3. The molecule has 2 bridgehead atoms. The Bertz CT molecular complexity index is 617. The summed E-state index contributed by atoms with van der Waals surface area (Å²) in [5.74, 6) is 0.629. The lowest BCUT2D eigenvalue weighted by molar-refractivity contribution is -0.0348. The van der Waals surface area contributed by atoms with Gasteiger partial charge < -0.3 is 0 Å². The first-order valence-corrected chi connectivity index (χ1v) is 9.92. The number of nitrogens with zero attached hydrogens (tertiary/aromatic N) is 2. The maximum absolute atomic E-state index is 2.85. The van der Waals surface area contributed by atoms with Gasteiger partial charge in [-0.15, -0.1) is 0 Å². The summed E-state index contributed by atoms with van der Waals surface area (Å²) in [6.07, 6.45) is 0.512. The molecule has 0 spiro atoms. The van der Waals surface area contributed by atoms with Gasteiger partial charge in [-0.1, -0.05) is 59.6 Å². The van der Waals surface area contributed by atoms with Crippen LogP contribution in [-0.2, 0) is 0 Å². The Morgan fingerprint density at radius 2 is 1.29 bits per heavy atom. The van der Waals surface area contributed by atoms with Crippen molar-refractivity contribution in [1.82, 2.24) is 9.80 Å². The quantitative estimate of drug-likeness (QED) is 0.645. The predicted molar refractivity (Wildman–Crippen MR) is 104 cm³/mol. The molecule has 0 aromatic rings. The summed E-state index contributed by atoms with van der Waals surface area (Å²) in [6.45, 7) is 28.5. The normalized spacial score (nSPS) is 51.1. The van der Waals surface area contributed by atoms with Crippen molar-refractivity contribution in [3.63, 3.8) is 0 Å². The van der Waals surface area contributed by atoms with Crippen molar-refractivity contribution < 1.29 is 0 Å². The molecular weight excluding hydrogens is 292 g/mol. The molecule has 1 aliphatic heterocycles. The number of fused-ring (bicyclic) bond motifs is 5. The van der Waals surface area contributed by atoms with Crippen LogP contribution in [0, 0.1) is 22.2 Å². The standard InChI is InChI=1S/C22H40N2/c1-13-24-17(14(2)3)23(12)21(10)19(8)15(4)16(5)20(9,18(19,6)7)22(21,24)11/h14,17H,13H2,1-12H3. The highest BCUT2D eigenvalue weighted by Gasteiger charge is 2.87. The molecule has 5 unspecified atom stereocenters. The molecule has 0 N–H and O–H groups in total. The van der Waals surface area contributed by atoms with E-state index in [0.717, 1.165) is 6.54 Å². The molecule has 3 rings (SSSR count). The average molecular weight is 333 g/mol. The van der Waals surface area contributed by atoms with Crippen LogP contribution in [0.5, 0.6) is 0 Å². The summed E-state index contributed by atoms with van der Waals surface area (Å²) in [5.41, 5.74) is 4.16. The minimum Gasteiger partial charge on any atom is -0.282 e. The van der Waals surface area contributed by atoms with E-state index in [-0.39, 0.29) is 27.3 Å². The van der Waals surface area contributed by atoms with Crippen LogP contribution in [0.4, 0.5) is 0 Å². The Hall–Kier alpha value is -0.340. The predicted octanol–water partition coefficient (Wildman–Crippen LogP) is 5.16. The van der Waals surface area contributed by atoms with Gasteiger partial charge in [-0.05, 0) is 52.6 Å². The molecule has 2 aliphatic carbocycles. The summed E-state index contributed by atoms with van der Waals surface area (Å²) in [7, 11) is 2.40. The molecule has 2 heteroatoms. The van der Waals surface area contributed by atoms with E-state index in [1.807, 2.05) is 0 Å². The number of hydrogen-bond donors (Lipinski definition) is 0. The first-order valence-electron chi connectivity index (χ1n) is 9.92. The summed E-state index contributed by atoms with van der Waals surface area (Å²) >= 11 is 0. The molecule has 1 saturated carbocycles. The molecular formula is C22H40N2. The summed E-state index contributed by atoms with van der Waals surface area (Å²) in [6, 6.07) is 0. The largest absolute Gasteiger partial charge is 0.282 e. The zero-order valence-electron chi connectivity index (χ0n) is 18.3. The first-order chi connectivity index (χ1) is 10.7. The van der Waals surface area contributed by atoms with Gasteiger partial charge in [-0.3, -0.25) is 9.80 Å². The number of hydrogen-bond acceptors (Lipinski definition) is 2. The fourth-order valence-electron chi connectivity index (χ4n) is 8.42. The molecule has 0 aromatic heterocycles. The second-order valence-corrected chi connectivity index (χ2v) is 10.3. The van der Waals surface area contributed by atoms with Crippen LogP contribution in [0.15, 0.2) is 11.1 Å². The second-order valence-electron chi connectivity index (χ2n) is 10.3. The molecule has 24 heavy (non-hydrogen) atoms. The van der Waals surface area contributed by atoms with Gasteiger partial charge >= 0.3 is 0 Å². The van der Waals surface area contributed by atoms with Crippen molar-refractivity contribution in [2.75, 3.05) is 13.6 Å². The Morgan fingerprint density at radius 3 is 1.67 bits per heavy atom. The SMILES string of the molecule is CCN1C(C(C)C)N(C)C2(C)C3(C)C(C)=C(C)C(C)(C3(C)C)C12C. The molecule has 1 heterocycles. The van der Waals surface area contributed by atoms with E-state index in [9.17, 15) is 0 Å². The van der Waals surface area contributed by atoms with Crippen LogP contribution in [0.25, 0.3) is 0 Å². The highest BCUT2D eigenvalue weighted by atomic mass is 15.5. The van der Waals surface area contributed by atoms with E-state index >= 15 is 0 Å². The van der Waals surface area contributed by atoms with E-state index in [1.54, 1.807) is 11.1 Å². The van der Waals surface area contributed by atoms with Crippen molar-refractivity contribution in [3.05, 3.63) is 11.1 Å². The third-order valence-electron chi connectivity index (χ3n) is 10.4. The molecule has 2 fully saturated rings. The van der Waals surface area contributed by atoms with Gasteiger partial charge in [-0.2, -0.15) is 0 Å². The van der Waals surface area contributed by atoms with Gasteiger partial charge in [0.2, 0.25) is 0 Å². The van der Waals surface area contributed by atoms with Crippen molar-refractivity contribution in [2.24, 2.45) is 22.2 Å². The Labute approximate surface area is 150 Å². The average Bonchev–Trinajstić information content (AvgIpc) is 2.79.